The Hall–Kier alpha value is -2.79. The maximum Gasteiger partial charge on any atom is 0.229 e. The summed E-state index contributed by atoms with van der Waals surface area (Å²) in [5.41, 5.74) is 1.76. The summed E-state index contributed by atoms with van der Waals surface area (Å²) in [6.45, 7) is 0. The van der Waals surface area contributed by atoms with Crippen LogP contribution in [0.1, 0.15) is 11.1 Å². The number of benzene rings is 2. The van der Waals surface area contributed by atoms with Crippen molar-refractivity contribution in [3.63, 3.8) is 0 Å². The van der Waals surface area contributed by atoms with E-state index in [9.17, 15) is 4.79 Å². The molecule has 0 heterocycles. The number of carbonyl (C=O) groups excluding carboxylic acids is 1. The summed E-state index contributed by atoms with van der Waals surface area (Å²) in [5, 5.41) is 0. The van der Waals surface area contributed by atoms with Gasteiger partial charge in [-0.25, -0.2) is 0 Å². The summed E-state index contributed by atoms with van der Waals surface area (Å²) >= 11 is 0. The van der Waals surface area contributed by atoms with Gasteiger partial charge >= 0.3 is 0 Å². The van der Waals surface area contributed by atoms with E-state index in [0.717, 1.165) is 16.9 Å². The number of carbonyl (C=O) groups is 1. The van der Waals surface area contributed by atoms with Crippen molar-refractivity contribution in [1.29, 1.82) is 0 Å². The van der Waals surface area contributed by atoms with Crippen LogP contribution in [0.4, 0.5) is 0 Å². The van der Waals surface area contributed by atoms with Gasteiger partial charge < -0.3 is 4.74 Å². The summed E-state index contributed by atoms with van der Waals surface area (Å²) in [6.07, 6.45) is 3.21. The molecule has 2 aromatic carbocycles. The third-order valence-corrected chi connectivity index (χ3v) is 2.65. The number of ether oxygens (including phenoxy) is 1. The second kappa shape index (κ2) is 6.96. The zero-order chi connectivity index (χ0) is 14.2. The fourth-order valence-electron chi connectivity index (χ4n) is 1.58. The van der Waals surface area contributed by atoms with Gasteiger partial charge in [0.05, 0.1) is 7.11 Å². The van der Waals surface area contributed by atoms with Crippen LogP contribution in [-0.4, -0.2) is 12.9 Å². The summed E-state index contributed by atoms with van der Waals surface area (Å²) < 4.78 is 5.07. The van der Waals surface area contributed by atoms with Crippen molar-refractivity contribution in [2.75, 3.05) is 7.11 Å². The highest BCUT2D eigenvalue weighted by Gasteiger charge is 1.92. The Morgan fingerprint density at radius 1 is 1.05 bits per heavy atom. The Kier molecular flexibility index (Phi) is 4.75. The average molecular weight is 262 g/mol. The summed E-state index contributed by atoms with van der Waals surface area (Å²) in [4.78, 5) is 11.6. The maximum atomic E-state index is 11.6. The molecule has 2 heteroatoms. The minimum absolute atomic E-state index is 0.218. The Balaban J connectivity index is 2.00. The fourth-order valence-corrected chi connectivity index (χ4v) is 1.58. The Morgan fingerprint density at radius 3 is 2.40 bits per heavy atom. The van der Waals surface area contributed by atoms with Gasteiger partial charge in [0.2, 0.25) is 5.78 Å². The smallest absolute Gasteiger partial charge is 0.229 e. The largest absolute Gasteiger partial charge is 0.497 e. The number of hydrogen-bond donors (Lipinski definition) is 0. The molecule has 0 saturated carbocycles. The molecule has 0 bridgehead atoms. The molecule has 0 fully saturated rings. The summed E-state index contributed by atoms with van der Waals surface area (Å²) in [5.74, 6) is 5.99. The second-order valence-electron chi connectivity index (χ2n) is 4.09. The fraction of sp³-hybridized carbons (Fsp3) is 0.0556. The number of ketones is 1. The third-order valence-electron chi connectivity index (χ3n) is 2.65. The first-order valence-corrected chi connectivity index (χ1v) is 6.21. The molecule has 0 unspecified atom stereocenters. The SMILES string of the molecule is COc1ccc(C=CC(=O)C#Cc2ccccc2)cc1. The molecule has 20 heavy (non-hydrogen) atoms. The zero-order valence-electron chi connectivity index (χ0n) is 11.2. The van der Waals surface area contributed by atoms with Crippen LogP contribution in [0.5, 0.6) is 5.75 Å². The van der Waals surface area contributed by atoms with Crippen LogP contribution in [0.25, 0.3) is 6.08 Å². The van der Waals surface area contributed by atoms with Gasteiger partial charge in [-0.2, -0.15) is 0 Å². The van der Waals surface area contributed by atoms with Crippen LogP contribution >= 0.6 is 0 Å². The summed E-state index contributed by atoms with van der Waals surface area (Å²) in [7, 11) is 1.62. The lowest BCUT2D eigenvalue weighted by atomic mass is 10.2. The molecule has 0 aliphatic rings. The standard InChI is InChI=1S/C18H14O2/c1-20-18-13-9-16(10-14-18)8-12-17(19)11-7-15-5-3-2-4-6-15/h2-6,8-10,12-14H,1H3. The van der Waals surface area contributed by atoms with Gasteiger partial charge in [0.25, 0.3) is 0 Å². The molecule has 0 aromatic heterocycles. The monoisotopic (exact) mass is 262 g/mol. The molecular weight excluding hydrogens is 248 g/mol. The Morgan fingerprint density at radius 2 is 1.75 bits per heavy atom. The van der Waals surface area contributed by atoms with Gasteiger partial charge in [-0.1, -0.05) is 42.3 Å². The Labute approximate surface area is 118 Å². The third kappa shape index (κ3) is 4.15. The van der Waals surface area contributed by atoms with E-state index in [1.807, 2.05) is 54.6 Å². The molecule has 0 aliphatic carbocycles. The van der Waals surface area contributed by atoms with E-state index < -0.39 is 0 Å². The van der Waals surface area contributed by atoms with Crippen molar-refractivity contribution < 1.29 is 9.53 Å². The number of rotatable bonds is 3. The molecule has 98 valence electrons. The predicted molar refractivity (Wildman–Crippen MR) is 80.4 cm³/mol. The van der Waals surface area contributed by atoms with Crippen molar-refractivity contribution in [2.45, 2.75) is 0 Å². The van der Waals surface area contributed by atoms with Crippen LogP contribution in [0, 0.1) is 11.8 Å². The molecule has 0 radical (unpaired) electrons. The second-order valence-corrected chi connectivity index (χ2v) is 4.09. The molecule has 2 nitrogen and oxygen atoms in total. The molecule has 2 rings (SSSR count). The van der Waals surface area contributed by atoms with Crippen LogP contribution in [-0.2, 0) is 4.79 Å². The number of hydrogen-bond acceptors (Lipinski definition) is 2. The Bertz CT molecular complexity index is 656. The average Bonchev–Trinajstić information content (AvgIpc) is 2.52. The molecule has 0 saturated heterocycles. The van der Waals surface area contributed by atoms with Crippen LogP contribution < -0.4 is 4.74 Å². The van der Waals surface area contributed by atoms with Gasteiger partial charge in [0.1, 0.15) is 5.75 Å². The minimum Gasteiger partial charge on any atom is -0.497 e. The van der Waals surface area contributed by atoms with Crippen LogP contribution in [0.3, 0.4) is 0 Å². The highest BCUT2D eigenvalue weighted by Crippen LogP contribution is 2.12. The van der Waals surface area contributed by atoms with Gasteiger partial charge in [-0.15, -0.1) is 0 Å². The quantitative estimate of drug-likeness (QED) is 0.626. The lowest BCUT2D eigenvalue weighted by molar-refractivity contribution is -0.109. The summed E-state index contributed by atoms with van der Waals surface area (Å²) in [6, 6.07) is 16.9. The number of methoxy groups -OCH3 is 1. The topological polar surface area (TPSA) is 26.3 Å². The first kappa shape index (κ1) is 13.6. The van der Waals surface area contributed by atoms with Gasteiger partial charge in [-0.05, 0) is 41.8 Å². The van der Waals surface area contributed by atoms with Gasteiger partial charge in [-0.3, -0.25) is 4.79 Å². The molecule has 0 N–H and O–H groups in total. The highest BCUT2D eigenvalue weighted by molar-refractivity contribution is 6.06. The lowest BCUT2D eigenvalue weighted by Crippen LogP contribution is -1.86. The number of allylic oxidation sites excluding steroid dienone is 1. The predicted octanol–water partition coefficient (Wildman–Crippen LogP) is 3.33. The van der Waals surface area contributed by atoms with Gasteiger partial charge in [0, 0.05) is 5.56 Å². The molecule has 0 aliphatic heterocycles. The first-order valence-electron chi connectivity index (χ1n) is 6.21. The van der Waals surface area contributed by atoms with E-state index in [1.165, 1.54) is 6.08 Å². The van der Waals surface area contributed by atoms with Crippen molar-refractivity contribution in [1.82, 2.24) is 0 Å². The normalized spacial score (nSPS) is 9.85. The van der Waals surface area contributed by atoms with Crippen LogP contribution in [0.2, 0.25) is 0 Å². The zero-order valence-corrected chi connectivity index (χ0v) is 11.2. The van der Waals surface area contributed by atoms with Crippen molar-refractivity contribution in [3.05, 3.63) is 71.8 Å². The van der Waals surface area contributed by atoms with Gasteiger partial charge in [0.15, 0.2) is 0 Å². The lowest BCUT2D eigenvalue weighted by Gasteiger charge is -1.98. The van der Waals surface area contributed by atoms with E-state index >= 15 is 0 Å². The van der Waals surface area contributed by atoms with E-state index in [4.69, 9.17) is 4.74 Å². The molecular formula is C18H14O2. The van der Waals surface area contributed by atoms with E-state index in [1.54, 1.807) is 13.2 Å². The van der Waals surface area contributed by atoms with E-state index in [0.29, 0.717) is 0 Å². The highest BCUT2D eigenvalue weighted by atomic mass is 16.5. The van der Waals surface area contributed by atoms with E-state index in [-0.39, 0.29) is 5.78 Å². The van der Waals surface area contributed by atoms with Crippen molar-refractivity contribution in [2.24, 2.45) is 0 Å². The molecule has 0 atom stereocenters. The first-order chi connectivity index (χ1) is 9.78. The van der Waals surface area contributed by atoms with Crippen molar-refractivity contribution >= 4 is 11.9 Å². The van der Waals surface area contributed by atoms with Crippen LogP contribution in [0.15, 0.2) is 60.7 Å². The molecule has 2 aromatic rings. The molecule has 0 amide bonds. The maximum absolute atomic E-state index is 11.6. The molecule has 0 spiro atoms. The van der Waals surface area contributed by atoms with E-state index in [2.05, 4.69) is 11.8 Å². The van der Waals surface area contributed by atoms with Crippen molar-refractivity contribution in [3.8, 4) is 17.6 Å². The minimum atomic E-state index is -0.218.